The zero-order valence-corrected chi connectivity index (χ0v) is 10.4. The number of hydrogen-bond acceptors (Lipinski definition) is 3. The summed E-state index contributed by atoms with van der Waals surface area (Å²) in [6, 6.07) is 11.8. The minimum atomic E-state index is 0.584. The van der Waals surface area contributed by atoms with Crippen molar-refractivity contribution in [3.63, 3.8) is 0 Å². The van der Waals surface area contributed by atoms with E-state index in [1.165, 1.54) is 0 Å². The first-order valence-corrected chi connectivity index (χ1v) is 5.88. The van der Waals surface area contributed by atoms with Crippen LogP contribution in [0, 0.1) is 13.8 Å². The third kappa shape index (κ3) is 1.56. The molecule has 0 radical (unpaired) electrons. The summed E-state index contributed by atoms with van der Waals surface area (Å²) in [7, 11) is 0. The molecule has 1 aromatic heterocycles. The molecule has 0 fully saturated rings. The van der Waals surface area contributed by atoms with Gasteiger partial charge in [-0.05, 0) is 37.1 Å². The van der Waals surface area contributed by atoms with E-state index in [2.05, 4.69) is 4.98 Å². The van der Waals surface area contributed by atoms with Gasteiger partial charge in [0.05, 0.1) is 5.56 Å². The summed E-state index contributed by atoms with van der Waals surface area (Å²) in [6.07, 6.45) is 0. The first-order valence-electron chi connectivity index (χ1n) is 5.88. The maximum Gasteiger partial charge on any atom is 0.229 e. The molecule has 0 saturated carbocycles. The summed E-state index contributed by atoms with van der Waals surface area (Å²) >= 11 is 0. The molecule has 0 aliphatic carbocycles. The summed E-state index contributed by atoms with van der Waals surface area (Å²) in [5.41, 5.74) is 11.5. The number of para-hydroxylation sites is 2. The van der Waals surface area contributed by atoms with Crippen LogP contribution in [0.4, 0.5) is 5.69 Å². The fraction of sp³-hybridized carbons (Fsp3) is 0.133. The number of fused-ring (bicyclic) bond motifs is 1. The number of nitrogen functional groups attached to an aromatic ring is 1. The summed E-state index contributed by atoms with van der Waals surface area (Å²) in [4.78, 5) is 4.50. The van der Waals surface area contributed by atoms with Gasteiger partial charge in [0.1, 0.15) is 5.52 Å². The summed E-state index contributed by atoms with van der Waals surface area (Å²) in [5, 5.41) is 0. The highest BCUT2D eigenvalue weighted by molar-refractivity contribution is 5.82. The van der Waals surface area contributed by atoms with E-state index >= 15 is 0 Å². The van der Waals surface area contributed by atoms with E-state index in [9.17, 15) is 0 Å². The second kappa shape index (κ2) is 3.88. The minimum absolute atomic E-state index is 0.584. The SMILES string of the molecule is Cc1cccc(-c2nc3cccc(C)c3o2)c1N. The third-order valence-corrected chi connectivity index (χ3v) is 3.17. The number of oxazole rings is 1. The molecule has 2 aromatic carbocycles. The van der Waals surface area contributed by atoms with Gasteiger partial charge in [0.25, 0.3) is 0 Å². The number of aryl methyl sites for hydroxylation is 2. The molecule has 0 aliphatic rings. The van der Waals surface area contributed by atoms with Gasteiger partial charge in [-0.1, -0.05) is 24.3 Å². The number of benzene rings is 2. The lowest BCUT2D eigenvalue weighted by atomic mass is 10.1. The first-order chi connectivity index (χ1) is 8.66. The van der Waals surface area contributed by atoms with Crippen molar-refractivity contribution < 1.29 is 4.42 Å². The molecule has 0 atom stereocenters. The molecule has 3 rings (SSSR count). The second-order valence-corrected chi connectivity index (χ2v) is 4.48. The Labute approximate surface area is 105 Å². The molecule has 3 aromatic rings. The van der Waals surface area contributed by atoms with E-state index in [0.717, 1.165) is 33.5 Å². The predicted octanol–water partition coefficient (Wildman–Crippen LogP) is 3.69. The van der Waals surface area contributed by atoms with Crippen LogP contribution in [0.15, 0.2) is 40.8 Å². The van der Waals surface area contributed by atoms with E-state index in [0.29, 0.717) is 5.89 Å². The monoisotopic (exact) mass is 238 g/mol. The van der Waals surface area contributed by atoms with Gasteiger partial charge in [0.2, 0.25) is 5.89 Å². The van der Waals surface area contributed by atoms with Crippen LogP contribution >= 0.6 is 0 Å². The Kier molecular flexibility index (Phi) is 2.33. The predicted molar refractivity (Wildman–Crippen MR) is 73.3 cm³/mol. The molecule has 0 unspecified atom stereocenters. The fourth-order valence-corrected chi connectivity index (χ4v) is 2.07. The van der Waals surface area contributed by atoms with E-state index in [1.807, 2.05) is 50.2 Å². The van der Waals surface area contributed by atoms with Gasteiger partial charge in [-0.3, -0.25) is 0 Å². The molecule has 2 N–H and O–H groups in total. The van der Waals surface area contributed by atoms with Crippen molar-refractivity contribution in [2.45, 2.75) is 13.8 Å². The van der Waals surface area contributed by atoms with Crippen LogP contribution in [-0.2, 0) is 0 Å². The lowest BCUT2D eigenvalue weighted by Crippen LogP contribution is -1.93. The fourth-order valence-electron chi connectivity index (χ4n) is 2.07. The average Bonchev–Trinajstić information content (AvgIpc) is 2.78. The van der Waals surface area contributed by atoms with Crippen molar-refractivity contribution >= 4 is 16.8 Å². The van der Waals surface area contributed by atoms with Gasteiger partial charge in [-0.25, -0.2) is 4.98 Å². The van der Waals surface area contributed by atoms with E-state index < -0.39 is 0 Å². The maximum absolute atomic E-state index is 6.07. The lowest BCUT2D eigenvalue weighted by Gasteiger charge is -2.03. The Morgan fingerprint density at radius 1 is 1.00 bits per heavy atom. The van der Waals surface area contributed by atoms with Crippen molar-refractivity contribution in [1.29, 1.82) is 0 Å². The number of nitrogens with two attached hydrogens (primary N) is 1. The summed E-state index contributed by atoms with van der Waals surface area (Å²) in [5.74, 6) is 0.584. The van der Waals surface area contributed by atoms with Gasteiger partial charge in [0, 0.05) is 5.69 Å². The average molecular weight is 238 g/mol. The van der Waals surface area contributed by atoms with Crippen molar-refractivity contribution in [2.75, 3.05) is 5.73 Å². The quantitative estimate of drug-likeness (QED) is 0.658. The van der Waals surface area contributed by atoms with Gasteiger partial charge in [-0.2, -0.15) is 0 Å². The molecule has 0 saturated heterocycles. The van der Waals surface area contributed by atoms with E-state index in [1.54, 1.807) is 0 Å². The second-order valence-electron chi connectivity index (χ2n) is 4.48. The van der Waals surface area contributed by atoms with Crippen LogP contribution in [0.3, 0.4) is 0 Å². The Morgan fingerprint density at radius 2 is 1.72 bits per heavy atom. The molecule has 3 nitrogen and oxygen atoms in total. The van der Waals surface area contributed by atoms with Crippen LogP contribution in [-0.4, -0.2) is 4.98 Å². The summed E-state index contributed by atoms with van der Waals surface area (Å²) in [6.45, 7) is 3.99. The number of hydrogen-bond donors (Lipinski definition) is 1. The topological polar surface area (TPSA) is 52.0 Å². The molecule has 0 aliphatic heterocycles. The van der Waals surface area contributed by atoms with Crippen molar-refractivity contribution in [3.8, 4) is 11.5 Å². The van der Waals surface area contributed by atoms with Gasteiger partial charge < -0.3 is 10.2 Å². The van der Waals surface area contributed by atoms with Crippen LogP contribution in [0.2, 0.25) is 0 Å². The van der Waals surface area contributed by atoms with Crippen molar-refractivity contribution in [3.05, 3.63) is 47.5 Å². The molecule has 0 amide bonds. The normalized spacial score (nSPS) is 11.0. The molecule has 18 heavy (non-hydrogen) atoms. The highest BCUT2D eigenvalue weighted by atomic mass is 16.3. The van der Waals surface area contributed by atoms with Crippen LogP contribution < -0.4 is 5.73 Å². The molecule has 0 bridgehead atoms. The number of nitrogens with zero attached hydrogens (tertiary/aromatic N) is 1. The van der Waals surface area contributed by atoms with Crippen molar-refractivity contribution in [1.82, 2.24) is 4.98 Å². The highest BCUT2D eigenvalue weighted by Crippen LogP contribution is 2.31. The molecular formula is C15H14N2O. The standard InChI is InChI=1S/C15H14N2O/c1-9-5-3-7-11(13(9)16)15-17-12-8-4-6-10(2)14(12)18-15/h3-8H,16H2,1-2H3. The lowest BCUT2D eigenvalue weighted by molar-refractivity contribution is 0.617. The van der Waals surface area contributed by atoms with Crippen molar-refractivity contribution in [2.24, 2.45) is 0 Å². The zero-order valence-electron chi connectivity index (χ0n) is 10.4. The molecule has 90 valence electrons. The zero-order chi connectivity index (χ0) is 12.7. The minimum Gasteiger partial charge on any atom is -0.436 e. The largest absolute Gasteiger partial charge is 0.436 e. The highest BCUT2D eigenvalue weighted by Gasteiger charge is 2.12. The third-order valence-electron chi connectivity index (χ3n) is 3.17. The van der Waals surface area contributed by atoms with E-state index in [-0.39, 0.29) is 0 Å². The molecule has 0 spiro atoms. The van der Waals surface area contributed by atoms with Gasteiger partial charge in [0.15, 0.2) is 5.58 Å². The molecule has 3 heteroatoms. The number of anilines is 1. The Morgan fingerprint density at radius 3 is 2.50 bits per heavy atom. The van der Waals surface area contributed by atoms with Crippen LogP contribution in [0.25, 0.3) is 22.6 Å². The Balaban J connectivity index is 2.26. The molecule has 1 heterocycles. The molecular weight excluding hydrogens is 224 g/mol. The smallest absolute Gasteiger partial charge is 0.229 e. The maximum atomic E-state index is 6.07. The Bertz CT molecular complexity index is 728. The summed E-state index contributed by atoms with van der Waals surface area (Å²) < 4.78 is 5.83. The van der Waals surface area contributed by atoms with Crippen LogP contribution in [0.1, 0.15) is 11.1 Å². The Hall–Kier alpha value is -2.29. The number of aromatic nitrogens is 1. The van der Waals surface area contributed by atoms with Gasteiger partial charge in [-0.15, -0.1) is 0 Å². The van der Waals surface area contributed by atoms with Gasteiger partial charge >= 0.3 is 0 Å². The first kappa shape index (κ1) is 10.8. The van der Waals surface area contributed by atoms with Crippen LogP contribution in [0.5, 0.6) is 0 Å². The van der Waals surface area contributed by atoms with E-state index in [4.69, 9.17) is 10.2 Å². The number of rotatable bonds is 1.